The summed E-state index contributed by atoms with van der Waals surface area (Å²) in [6.45, 7) is 5.08. The number of benzene rings is 1. The Morgan fingerprint density at radius 1 is 1.29 bits per heavy atom. The van der Waals surface area contributed by atoms with Gasteiger partial charge in [0.05, 0.1) is 5.69 Å². The summed E-state index contributed by atoms with van der Waals surface area (Å²) in [6, 6.07) is 6.08. The summed E-state index contributed by atoms with van der Waals surface area (Å²) in [5.41, 5.74) is 1.84. The summed E-state index contributed by atoms with van der Waals surface area (Å²) in [4.78, 5) is 4.55. The fraction of sp³-hybridized carbons (Fsp3) is 0.647. The molecule has 3 rings (SSSR count). The molecule has 1 aromatic rings. The molecular formula is C17H26FN3. The third-order valence-corrected chi connectivity index (χ3v) is 4.56. The van der Waals surface area contributed by atoms with Crippen molar-refractivity contribution in [2.75, 3.05) is 38.1 Å². The number of halogens is 1. The van der Waals surface area contributed by atoms with E-state index in [0.29, 0.717) is 6.04 Å². The van der Waals surface area contributed by atoms with Crippen LogP contribution in [0.5, 0.6) is 0 Å². The van der Waals surface area contributed by atoms with Crippen LogP contribution in [-0.2, 0) is 6.54 Å². The number of para-hydroxylation sites is 1. The first kappa shape index (κ1) is 14.8. The zero-order chi connectivity index (χ0) is 14.7. The van der Waals surface area contributed by atoms with Gasteiger partial charge in [-0.05, 0) is 50.4 Å². The number of rotatable bonds is 7. The number of anilines is 1. The topological polar surface area (TPSA) is 18.5 Å². The molecule has 3 nitrogen and oxygen atoms in total. The van der Waals surface area contributed by atoms with Gasteiger partial charge in [-0.1, -0.05) is 12.1 Å². The van der Waals surface area contributed by atoms with Crippen molar-refractivity contribution in [3.63, 3.8) is 0 Å². The Labute approximate surface area is 127 Å². The van der Waals surface area contributed by atoms with Gasteiger partial charge in [0, 0.05) is 32.7 Å². The second kappa shape index (κ2) is 6.75. The Bertz CT molecular complexity index is 467. The molecule has 0 spiro atoms. The maximum atomic E-state index is 14.3. The van der Waals surface area contributed by atoms with Crippen molar-refractivity contribution >= 4 is 5.69 Å². The van der Waals surface area contributed by atoms with Crippen molar-refractivity contribution in [3.05, 3.63) is 29.6 Å². The Balaban J connectivity index is 1.63. The second-order valence-electron chi connectivity index (χ2n) is 6.37. The van der Waals surface area contributed by atoms with E-state index < -0.39 is 0 Å². The van der Waals surface area contributed by atoms with Crippen LogP contribution in [0.2, 0.25) is 0 Å². The lowest BCUT2D eigenvalue weighted by Gasteiger charge is -2.26. The molecule has 1 aliphatic carbocycles. The van der Waals surface area contributed by atoms with Crippen molar-refractivity contribution in [1.82, 2.24) is 10.2 Å². The largest absolute Gasteiger partial charge is 0.371 e. The SMILES string of the molecule is CN(CCN1CCCC1)c1c(F)cccc1CNC1CC1. The van der Waals surface area contributed by atoms with E-state index in [0.717, 1.165) is 30.9 Å². The molecule has 0 unspecified atom stereocenters. The summed E-state index contributed by atoms with van der Waals surface area (Å²) >= 11 is 0. The first-order valence-electron chi connectivity index (χ1n) is 8.18. The van der Waals surface area contributed by atoms with Crippen LogP contribution in [0.25, 0.3) is 0 Å². The molecule has 0 amide bonds. The normalized spacial score (nSPS) is 19.1. The minimum Gasteiger partial charge on any atom is -0.371 e. The number of nitrogens with one attached hydrogen (secondary N) is 1. The van der Waals surface area contributed by atoms with Crippen LogP contribution in [0.1, 0.15) is 31.2 Å². The molecule has 1 heterocycles. The van der Waals surface area contributed by atoms with Crippen LogP contribution in [0.4, 0.5) is 10.1 Å². The first-order chi connectivity index (χ1) is 10.2. The van der Waals surface area contributed by atoms with E-state index in [1.165, 1.54) is 38.8 Å². The second-order valence-corrected chi connectivity index (χ2v) is 6.37. The Kier molecular flexibility index (Phi) is 4.76. The molecule has 1 N–H and O–H groups in total. The minimum absolute atomic E-state index is 0.103. The predicted octanol–water partition coefficient (Wildman–Crippen LogP) is 2.61. The molecule has 2 fully saturated rings. The summed E-state index contributed by atoms with van der Waals surface area (Å²) < 4.78 is 14.3. The number of hydrogen-bond donors (Lipinski definition) is 1. The van der Waals surface area contributed by atoms with Gasteiger partial charge in [0.1, 0.15) is 5.82 Å². The first-order valence-corrected chi connectivity index (χ1v) is 8.18. The van der Waals surface area contributed by atoms with E-state index in [2.05, 4.69) is 15.1 Å². The average Bonchev–Trinajstić information content (AvgIpc) is 3.16. The van der Waals surface area contributed by atoms with E-state index in [1.54, 1.807) is 6.07 Å². The molecule has 2 aliphatic rings. The fourth-order valence-corrected chi connectivity index (χ4v) is 3.08. The van der Waals surface area contributed by atoms with Gasteiger partial charge >= 0.3 is 0 Å². The predicted molar refractivity (Wildman–Crippen MR) is 85.2 cm³/mol. The van der Waals surface area contributed by atoms with Crippen molar-refractivity contribution in [1.29, 1.82) is 0 Å². The van der Waals surface area contributed by atoms with Gasteiger partial charge < -0.3 is 15.1 Å². The zero-order valence-electron chi connectivity index (χ0n) is 12.9. The van der Waals surface area contributed by atoms with Gasteiger partial charge in [-0.25, -0.2) is 4.39 Å². The van der Waals surface area contributed by atoms with Gasteiger partial charge in [-0.2, -0.15) is 0 Å². The van der Waals surface area contributed by atoms with E-state index in [1.807, 2.05) is 19.2 Å². The maximum absolute atomic E-state index is 14.3. The highest BCUT2D eigenvalue weighted by Crippen LogP contribution is 2.25. The monoisotopic (exact) mass is 291 g/mol. The molecular weight excluding hydrogens is 265 g/mol. The molecule has 1 saturated heterocycles. The summed E-state index contributed by atoms with van der Waals surface area (Å²) in [6.07, 6.45) is 5.13. The molecule has 1 saturated carbocycles. The average molecular weight is 291 g/mol. The molecule has 0 radical (unpaired) electrons. The van der Waals surface area contributed by atoms with Crippen LogP contribution >= 0.6 is 0 Å². The Hall–Kier alpha value is -1.13. The molecule has 0 atom stereocenters. The molecule has 21 heavy (non-hydrogen) atoms. The lowest BCUT2D eigenvalue weighted by Crippen LogP contribution is -2.32. The van der Waals surface area contributed by atoms with Crippen LogP contribution in [0.3, 0.4) is 0 Å². The molecule has 116 valence electrons. The smallest absolute Gasteiger partial charge is 0.146 e. The number of likely N-dealkylation sites (N-methyl/N-ethyl adjacent to an activating group) is 1. The molecule has 4 heteroatoms. The quantitative estimate of drug-likeness (QED) is 0.833. The fourth-order valence-electron chi connectivity index (χ4n) is 3.08. The van der Waals surface area contributed by atoms with Crippen molar-refractivity contribution < 1.29 is 4.39 Å². The number of hydrogen-bond acceptors (Lipinski definition) is 3. The standard InChI is InChI=1S/C17H26FN3/c1-20(11-12-21-9-2-3-10-21)17-14(5-4-6-16(17)18)13-19-15-7-8-15/h4-6,15,19H,2-3,7-13H2,1H3. The van der Waals surface area contributed by atoms with Crippen LogP contribution in [0.15, 0.2) is 18.2 Å². The lowest BCUT2D eigenvalue weighted by atomic mass is 10.1. The number of nitrogens with zero attached hydrogens (tertiary/aromatic N) is 2. The van der Waals surface area contributed by atoms with E-state index in [4.69, 9.17) is 0 Å². The third-order valence-electron chi connectivity index (χ3n) is 4.56. The molecule has 1 aliphatic heterocycles. The van der Waals surface area contributed by atoms with Crippen molar-refractivity contribution in [2.45, 2.75) is 38.3 Å². The van der Waals surface area contributed by atoms with Gasteiger partial charge in [0.25, 0.3) is 0 Å². The van der Waals surface area contributed by atoms with Crippen molar-refractivity contribution in [3.8, 4) is 0 Å². The highest BCUT2D eigenvalue weighted by Gasteiger charge is 2.22. The van der Waals surface area contributed by atoms with E-state index in [9.17, 15) is 4.39 Å². The summed E-state index contributed by atoms with van der Waals surface area (Å²) in [7, 11) is 2.01. The molecule has 0 aromatic heterocycles. The van der Waals surface area contributed by atoms with Crippen LogP contribution in [-0.4, -0.2) is 44.2 Å². The van der Waals surface area contributed by atoms with Gasteiger partial charge in [-0.15, -0.1) is 0 Å². The zero-order valence-corrected chi connectivity index (χ0v) is 12.9. The van der Waals surface area contributed by atoms with Gasteiger partial charge in [0.15, 0.2) is 0 Å². The highest BCUT2D eigenvalue weighted by molar-refractivity contribution is 5.54. The Morgan fingerprint density at radius 2 is 2.05 bits per heavy atom. The lowest BCUT2D eigenvalue weighted by molar-refractivity contribution is 0.346. The van der Waals surface area contributed by atoms with E-state index in [-0.39, 0.29) is 5.82 Å². The molecule has 0 bridgehead atoms. The molecule has 1 aromatic carbocycles. The summed E-state index contributed by atoms with van der Waals surface area (Å²) in [5, 5.41) is 3.49. The summed E-state index contributed by atoms with van der Waals surface area (Å²) in [5.74, 6) is -0.103. The van der Waals surface area contributed by atoms with Crippen LogP contribution in [0, 0.1) is 5.82 Å². The van der Waals surface area contributed by atoms with E-state index >= 15 is 0 Å². The Morgan fingerprint density at radius 3 is 2.76 bits per heavy atom. The highest BCUT2D eigenvalue weighted by atomic mass is 19.1. The van der Waals surface area contributed by atoms with Crippen molar-refractivity contribution in [2.24, 2.45) is 0 Å². The van der Waals surface area contributed by atoms with Gasteiger partial charge in [-0.3, -0.25) is 0 Å². The maximum Gasteiger partial charge on any atom is 0.146 e. The third kappa shape index (κ3) is 3.95. The number of likely N-dealkylation sites (tertiary alicyclic amines) is 1. The van der Waals surface area contributed by atoms with Gasteiger partial charge in [0.2, 0.25) is 0 Å². The van der Waals surface area contributed by atoms with Crippen LogP contribution < -0.4 is 10.2 Å². The minimum atomic E-state index is -0.103.